The third-order valence-corrected chi connectivity index (χ3v) is 3.68. The first-order valence-electron chi connectivity index (χ1n) is 7.54. The van der Waals surface area contributed by atoms with E-state index in [1.807, 2.05) is 0 Å². The van der Waals surface area contributed by atoms with Crippen LogP contribution in [0, 0.1) is 11.6 Å². The highest BCUT2D eigenvalue weighted by atomic mass is 19.1. The lowest BCUT2D eigenvalue weighted by Gasteiger charge is -2.15. The molecule has 2 rings (SSSR count). The minimum absolute atomic E-state index is 0.0533. The molecule has 134 valence electrons. The van der Waals surface area contributed by atoms with Gasteiger partial charge in [0.25, 0.3) is 5.91 Å². The number of hydrogen-bond donors (Lipinski definition) is 2. The molecule has 4 amide bonds. The Balaban J connectivity index is 1.92. The van der Waals surface area contributed by atoms with Crippen LogP contribution in [0.4, 0.5) is 13.6 Å². The van der Waals surface area contributed by atoms with Crippen LogP contribution in [0.15, 0.2) is 23.3 Å². The summed E-state index contributed by atoms with van der Waals surface area (Å²) in [6.45, 7) is 4.49. The van der Waals surface area contributed by atoms with Crippen molar-refractivity contribution in [3.05, 3.63) is 35.4 Å². The first kappa shape index (κ1) is 18.5. The lowest BCUT2D eigenvalue weighted by molar-refractivity contribution is -0.130. The van der Waals surface area contributed by atoms with E-state index in [0.717, 1.165) is 17.0 Å². The summed E-state index contributed by atoms with van der Waals surface area (Å²) in [7, 11) is 0. The summed E-state index contributed by atoms with van der Waals surface area (Å²) in [4.78, 5) is 36.4. The smallest absolute Gasteiger partial charge is 0.324 e. The van der Waals surface area contributed by atoms with Crippen molar-refractivity contribution < 1.29 is 23.2 Å². The van der Waals surface area contributed by atoms with E-state index < -0.39 is 35.0 Å². The van der Waals surface area contributed by atoms with E-state index in [-0.39, 0.29) is 24.2 Å². The zero-order valence-corrected chi connectivity index (χ0v) is 14.0. The first-order valence-corrected chi connectivity index (χ1v) is 7.54. The van der Waals surface area contributed by atoms with Gasteiger partial charge in [-0.25, -0.2) is 19.0 Å². The van der Waals surface area contributed by atoms with Crippen molar-refractivity contribution in [3.63, 3.8) is 0 Å². The molecule has 25 heavy (non-hydrogen) atoms. The normalized spacial score (nSPS) is 16.8. The van der Waals surface area contributed by atoms with E-state index in [2.05, 4.69) is 15.8 Å². The number of imide groups is 1. The molecule has 7 nitrogen and oxygen atoms in total. The number of hydrazone groups is 1. The molecular formula is C16H18F2N4O3. The van der Waals surface area contributed by atoms with Gasteiger partial charge in [0.05, 0.1) is 5.71 Å². The average Bonchev–Trinajstić information content (AvgIpc) is 2.71. The summed E-state index contributed by atoms with van der Waals surface area (Å²) in [5.74, 6) is -2.47. The van der Waals surface area contributed by atoms with Gasteiger partial charge in [-0.15, -0.1) is 0 Å². The lowest BCUT2D eigenvalue weighted by atomic mass is 10.1. The number of urea groups is 1. The Bertz CT molecular complexity index is 762. The quantitative estimate of drug-likeness (QED) is 0.478. The molecule has 0 atom stereocenters. The Morgan fingerprint density at radius 3 is 2.56 bits per heavy atom. The number of amides is 4. The molecule has 0 radical (unpaired) electrons. The molecule has 1 saturated heterocycles. The van der Waals surface area contributed by atoms with Crippen molar-refractivity contribution in [2.75, 3.05) is 6.54 Å². The van der Waals surface area contributed by atoms with E-state index in [1.165, 1.54) is 13.0 Å². The average molecular weight is 352 g/mol. The molecule has 1 fully saturated rings. The molecule has 0 spiro atoms. The zero-order chi connectivity index (χ0) is 18.8. The molecule has 1 aromatic rings. The lowest BCUT2D eigenvalue weighted by Crippen LogP contribution is -2.40. The molecular weight excluding hydrogens is 334 g/mol. The Hall–Kier alpha value is -2.84. The SMILES string of the molecule is C/C(=N/NC(=O)CCN1C(=O)NC(C)(C)C1=O)c1ccc(F)cc1F. The number of benzene rings is 1. The van der Waals surface area contributed by atoms with Crippen LogP contribution in [-0.2, 0) is 9.59 Å². The molecule has 2 N–H and O–H groups in total. The number of hydrogen-bond acceptors (Lipinski definition) is 4. The fraction of sp³-hybridized carbons (Fsp3) is 0.375. The highest BCUT2D eigenvalue weighted by molar-refractivity contribution is 6.06. The summed E-state index contributed by atoms with van der Waals surface area (Å²) in [6, 6.07) is 2.45. The van der Waals surface area contributed by atoms with Gasteiger partial charge in [-0.2, -0.15) is 5.10 Å². The number of nitrogens with one attached hydrogen (secondary N) is 2. The third kappa shape index (κ3) is 4.17. The van der Waals surface area contributed by atoms with Crippen LogP contribution >= 0.6 is 0 Å². The maximum Gasteiger partial charge on any atom is 0.325 e. The second-order valence-electron chi connectivity index (χ2n) is 6.12. The van der Waals surface area contributed by atoms with Crippen molar-refractivity contribution in [2.45, 2.75) is 32.7 Å². The van der Waals surface area contributed by atoms with E-state index in [4.69, 9.17) is 0 Å². The van der Waals surface area contributed by atoms with Gasteiger partial charge in [0, 0.05) is 24.6 Å². The molecule has 1 heterocycles. The van der Waals surface area contributed by atoms with Crippen molar-refractivity contribution in [1.82, 2.24) is 15.6 Å². The molecule has 0 unspecified atom stereocenters. The van der Waals surface area contributed by atoms with Crippen LogP contribution in [0.3, 0.4) is 0 Å². The van der Waals surface area contributed by atoms with Crippen molar-refractivity contribution in [3.8, 4) is 0 Å². The van der Waals surface area contributed by atoms with E-state index in [9.17, 15) is 23.2 Å². The number of nitrogens with zero attached hydrogens (tertiary/aromatic N) is 2. The first-order chi connectivity index (χ1) is 11.6. The van der Waals surface area contributed by atoms with E-state index >= 15 is 0 Å². The van der Waals surface area contributed by atoms with Crippen molar-refractivity contribution in [1.29, 1.82) is 0 Å². The Morgan fingerprint density at radius 2 is 2.00 bits per heavy atom. The van der Waals surface area contributed by atoms with E-state index in [0.29, 0.717) is 0 Å². The number of carbonyl (C=O) groups excluding carboxylic acids is 3. The molecule has 1 aliphatic heterocycles. The largest absolute Gasteiger partial charge is 0.325 e. The maximum atomic E-state index is 13.6. The Kier molecular flexibility index (Phi) is 5.15. The second-order valence-corrected chi connectivity index (χ2v) is 6.12. The zero-order valence-electron chi connectivity index (χ0n) is 14.0. The number of halogens is 2. The van der Waals surface area contributed by atoms with Gasteiger partial charge in [-0.1, -0.05) is 0 Å². The second kappa shape index (κ2) is 6.96. The summed E-state index contributed by atoms with van der Waals surface area (Å²) < 4.78 is 26.5. The van der Waals surface area contributed by atoms with Crippen LogP contribution in [0.25, 0.3) is 0 Å². The van der Waals surface area contributed by atoms with Gasteiger partial charge in [-0.3, -0.25) is 14.5 Å². The Labute approximate surface area is 143 Å². The summed E-state index contributed by atoms with van der Waals surface area (Å²) in [6.07, 6.45) is -0.155. The predicted molar refractivity (Wildman–Crippen MR) is 85.7 cm³/mol. The molecule has 0 aromatic heterocycles. The molecule has 0 aliphatic carbocycles. The van der Waals surface area contributed by atoms with Crippen LogP contribution in [0.1, 0.15) is 32.8 Å². The van der Waals surface area contributed by atoms with Crippen molar-refractivity contribution >= 4 is 23.6 Å². The molecule has 1 aliphatic rings. The molecule has 0 bridgehead atoms. The third-order valence-electron chi connectivity index (χ3n) is 3.68. The minimum atomic E-state index is -0.998. The van der Waals surface area contributed by atoms with Gasteiger partial charge in [0.1, 0.15) is 17.2 Å². The van der Waals surface area contributed by atoms with Crippen LogP contribution < -0.4 is 10.7 Å². The molecule has 9 heteroatoms. The fourth-order valence-electron chi connectivity index (χ4n) is 2.28. The Morgan fingerprint density at radius 1 is 1.32 bits per heavy atom. The van der Waals surface area contributed by atoms with Gasteiger partial charge >= 0.3 is 6.03 Å². The van der Waals surface area contributed by atoms with Crippen LogP contribution in [0.2, 0.25) is 0 Å². The summed E-state index contributed by atoms with van der Waals surface area (Å²) >= 11 is 0. The standard InChI is InChI=1S/C16H18F2N4O3/c1-9(11-5-4-10(17)8-12(11)18)20-21-13(23)6-7-22-14(24)16(2,3)19-15(22)25/h4-5,8H,6-7H2,1-3H3,(H,19,25)(H,21,23)/b20-9-. The molecule has 1 aromatic carbocycles. The monoisotopic (exact) mass is 352 g/mol. The van der Waals surface area contributed by atoms with Crippen molar-refractivity contribution in [2.24, 2.45) is 5.10 Å². The van der Waals surface area contributed by atoms with E-state index in [1.54, 1.807) is 13.8 Å². The number of carbonyl (C=O) groups is 3. The van der Waals surface area contributed by atoms with Gasteiger partial charge in [0.2, 0.25) is 5.91 Å². The number of rotatable bonds is 5. The summed E-state index contributed by atoms with van der Waals surface area (Å²) in [5.41, 5.74) is 1.43. The highest BCUT2D eigenvalue weighted by Gasteiger charge is 2.43. The predicted octanol–water partition coefficient (Wildman–Crippen LogP) is 1.53. The minimum Gasteiger partial charge on any atom is -0.324 e. The maximum absolute atomic E-state index is 13.6. The summed E-state index contributed by atoms with van der Waals surface area (Å²) in [5, 5.41) is 6.25. The highest BCUT2D eigenvalue weighted by Crippen LogP contribution is 2.16. The van der Waals surface area contributed by atoms with Gasteiger partial charge in [-0.05, 0) is 32.9 Å². The van der Waals surface area contributed by atoms with Crippen LogP contribution in [0.5, 0.6) is 0 Å². The fourth-order valence-corrected chi connectivity index (χ4v) is 2.28. The topological polar surface area (TPSA) is 90.9 Å². The van der Waals surface area contributed by atoms with Gasteiger partial charge < -0.3 is 5.32 Å². The van der Waals surface area contributed by atoms with Gasteiger partial charge in [0.15, 0.2) is 0 Å². The molecule has 0 saturated carbocycles. The van der Waals surface area contributed by atoms with Crippen LogP contribution in [-0.4, -0.2) is 40.5 Å².